The Balaban J connectivity index is 1.72. The lowest BCUT2D eigenvalue weighted by atomic mass is 9.96. The summed E-state index contributed by atoms with van der Waals surface area (Å²) in [6.07, 6.45) is 12.7. The van der Waals surface area contributed by atoms with Crippen molar-refractivity contribution in [3.8, 4) is 0 Å². The Morgan fingerprint density at radius 1 is 0.786 bits per heavy atom. The monoisotopic (exact) mass is 213 g/mol. The molecule has 2 fully saturated rings. The van der Waals surface area contributed by atoms with Gasteiger partial charge in [-0.3, -0.25) is 0 Å². The molecule has 2 heteroatoms. The number of nitrogens with two attached hydrogens (primary N) is 1. The summed E-state index contributed by atoms with van der Waals surface area (Å²) in [5, 5.41) is 1.86. The van der Waals surface area contributed by atoms with E-state index in [4.69, 9.17) is 5.73 Å². The molecule has 0 aromatic heterocycles. The van der Waals surface area contributed by atoms with Crippen LogP contribution in [0, 0.1) is 0 Å². The molecule has 2 aliphatic carbocycles. The minimum Gasteiger partial charge on any atom is -0.328 e. The molecule has 2 unspecified atom stereocenters. The molecule has 0 aromatic carbocycles. The summed E-state index contributed by atoms with van der Waals surface area (Å²) in [4.78, 5) is 0. The highest BCUT2D eigenvalue weighted by Crippen LogP contribution is 2.36. The van der Waals surface area contributed by atoms with Crippen molar-refractivity contribution in [2.24, 2.45) is 5.73 Å². The Morgan fingerprint density at radius 2 is 1.50 bits per heavy atom. The van der Waals surface area contributed by atoms with E-state index in [1.54, 1.807) is 0 Å². The van der Waals surface area contributed by atoms with Gasteiger partial charge in [-0.2, -0.15) is 11.8 Å². The maximum absolute atomic E-state index is 6.02. The van der Waals surface area contributed by atoms with Crippen LogP contribution in [0.4, 0.5) is 0 Å². The number of hydrogen-bond donors (Lipinski definition) is 1. The van der Waals surface area contributed by atoms with Crippen molar-refractivity contribution in [2.75, 3.05) is 0 Å². The van der Waals surface area contributed by atoms with Crippen molar-refractivity contribution in [1.29, 1.82) is 0 Å². The van der Waals surface area contributed by atoms with Crippen molar-refractivity contribution < 1.29 is 0 Å². The molecule has 82 valence electrons. The van der Waals surface area contributed by atoms with Crippen LogP contribution >= 0.6 is 11.8 Å². The largest absolute Gasteiger partial charge is 0.328 e. The highest BCUT2D eigenvalue weighted by Gasteiger charge is 2.23. The lowest BCUT2D eigenvalue weighted by Crippen LogP contribution is -2.30. The predicted octanol–water partition coefficient (Wildman–Crippen LogP) is 3.32. The average molecular weight is 213 g/mol. The first-order valence-corrected chi connectivity index (χ1v) is 7.20. The van der Waals surface area contributed by atoms with Crippen LogP contribution in [-0.2, 0) is 0 Å². The van der Waals surface area contributed by atoms with Gasteiger partial charge in [0, 0.05) is 16.5 Å². The fourth-order valence-electron chi connectivity index (χ4n) is 2.78. The summed E-state index contributed by atoms with van der Waals surface area (Å²) in [7, 11) is 0. The van der Waals surface area contributed by atoms with Gasteiger partial charge in [0.15, 0.2) is 0 Å². The highest BCUT2D eigenvalue weighted by atomic mass is 32.2. The van der Waals surface area contributed by atoms with Gasteiger partial charge in [0.05, 0.1) is 0 Å². The molecular formula is C12H23NS. The van der Waals surface area contributed by atoms with Gasteiger partial charge in [0.25, 0.3) is 0 Å². The van der Waals surface area contributed by atoms with Gasteiger partial charge in [-0.15, -0.1) is 0 Å². The molecule has 2 aliphatic rings. The molecule has 2 saturated carbocycles. The minimum absolute atomic E-state index is 0.504. The molecule has 0 aliphatic heterocycles. The zero-order chi connectivity index (χ0) is 9.80. The van der Waals surface area contributed by atoms with E-state index >= 15 is 0 Å². The summed E-state index contributed by atoms with van der Waals surface area (Å²) < 4.78 is 0. The summed E-state index contributed by atoms with van der Waals surface area (Å²) >= 11 is 2.27. The Labute approximate surface area is 92.2 Å². The molecule has 0 amide bonds. The predicted molar refractivity (Wildman–Crippen MR) is 64.7 cm³/mol. The number of thioether (sulfide) groups is 1. The zero-order valence-corrected chi connectivity index (χ0v) is 9.90. The van der Waals surface area contributed by atoms with Gasteiger partial charge < -0.3 is 5.73 Å². The van der Waals surface area contributed by atoms with Crippen molar-refractivity contribution in [3.05, 3.63) is 0 Å². The van der Waals surface area contributed by atoms with Crippen LogP contribution < -0.4 is 5.73 Å². The van der Waals surface area contributed by atoms with Crippen molar-refractivity contribution >= 4 is 11.8 Å². The van der Waals surface area contributed by atoms with E-state index in [1.807, 2.05) is 0 Å². The first-order chi connectivity index (χ1) is 6.84. The van der Waals surface area contributed by atoms with Crippen LogP contribution in [0.1, 0.15) is 57.8 Å². The molecule has 2 rings (SSSR count). The van der Waals surface area contributed by atoms with E-state index in [-0.39, 0.29) is 0 Å². The lowest BCUT2D eigenvalue weighted by Gasteiger charge is -2.31. The SMILES string of the molecule is NC1CCCC(SC2CCCCC2)C1. The van der Waals surface area contributed by atoms with Crippen molar-refractivity contribution in [1.82, 2.24) is 0 Å². The van der Waals surface area contributed by atoms with Crippen LogP contribution in [0.25, 0.3) is 0 Å². The van der Waals surface area contributed by atoms with Crippen LogP contribution in [0.2, 0.25) is 0 Å². The molecule has 2 N–H and O–H groups in total. The minimum atomic E-state index is 0.504. The third-order valence-corrected chi connectivity index (χ3v) is 5.27. The van der Waals surface area contributed by atoms with Gasteiger partial charge >= 0.3 is 0 Å². The zero-order valence-electron chi connectivity index (χ0n) is 9.08. The standard InChI is InChI=1S/C12H23NS/c13-10-5-4-8-12(9-10)14-11-6-2-1-3-7-11/h10-12H,1-9,13H2. The quantitative estimate of drug-likeness (QED) is 0.761. The molecule has 0 radical (unpaired) electrons. The first-order valence-electron chi connectivity index (χ1n) is 6.25. The van der Waals surface area contributed by atoms with Crippen molar-refractivity contribution in [2.45, 2.75) is 74.3 Å². The molecule has 0 spiro atoms. The second-order valence-corrected chi connectivity index (χ2v) is 6.55. The van der Waals surface area contributed by atoms with E-state index in [1.165, 1.54) is 57.8 Å². The molecule has 1 nitrogen and oxygen atoms in total. The Kier molecular flexibility index (Phi) is 4.18. The van der Waals surface area contributed by atoms with Crippen LogP contribution in [0.3, 0.4) is 0 Å². The fraction of sp³-hybridized carbons (Fsp3) is 1.00. The van der Waals surface area contributed by atoms with Gasteiger partial charge in [-0.05, 0) is 32.1 Å². The van der Waals surface area contributed by atoms with E-state index < -0.39 is 0 Å². The number of hydrogen-bond acceptors (Lipinski definition) is 2. The maximum atomic E-state index is 6.02. The third-order valence-electron chi connectivity index (χ3n) is 3.60. The van der Waals surface area contributed by atoms with Gasteiger partial charge in [-0.25, -0.2) is 0 Å². The molecule has 0 heterocycles. The molecule has 2 atom stereocenters. The normalized spacial score (nSPS) is 35.8. The van der Waals surface area contributed by atoms with Gasteiger partial charge in [0.1, 0.15) is 0 Å². The smallest absolute Gasteiger partial charge is 0.00645 e. The highest BCUT2D eigenvalue weighted by molar-refractivity contribution is 8.00. The summed E-state index contributed by atoms with van der Waals surface area (Å²) in [6, 6.07) is 0.504. The van der Waals surface area contributed by atoms with E-state index in [0.717, 1.165) is 10.5 Å². The van der Waals surface area contributed by atoms with E-state index in [2.05, 4.69) is 11.8 Å². The van der Waals surface area contributed by atoms with E-state index in [9.17, 15) is 0 Å². The maximum Gasteiger partial charge on any atom is 0.00645 e. The topological polar surface area (TPSA) is 26.0 Å². The Hall–Kier alpha value is 0.310. The Morgan fingerprint density at radius 3 is 2.21 bits per heavy atom. The van der Waals surface area contributed by atoms with E-state index in [0.29, 0.717) is 6.04 Å². The molecule has 14 heavy (non-hydrogen) atoms. The second-order valence-electron chi connectivity index (χ2n) is 4.94. The average Bonchev–Trinajstić information content (AvgIpc) is 2.19. The van der Waals surface area contributed by atoms with Gasteiger partial charge in [0.2, 0.25) is 0 Å². The molecule has 0 aromatic rings. The summed E-state index contributed by atoms with van der Waals surface area (Å²) in [5.74, 6) is 0. The molecule has 0 bridgehead atoms. The van der Waals surface area contributed by atoms with Crippen LogP contribution in [0.15, 0.2) is 0 Å². The lowest BCUT2D eigenvalue weighted by molar-refractivity contribution is 0.446. The van der Waals surface area contributed by atoms with Crippen molar-refractivity contribution in [3.63, 3.8) is 0 Å². The fourth-order valence-corrected chi connectivity index (χ4v) is 4.59. The molecular weight excluding hydrogens is 190 g/mol. The summed E-state index contributed by atoms with van der Waals surface area (Å²) in [6.45, 7) is 0. The van der Waals surface area contributed by atoms with Gasteiger partial charge in [-0.1, -0.05) is 25.7 Å². The van der Waals surface area contributed by atoms with Crippen LogP contribution in [0.5, 0.6) is 0 Å². The molecule has 0 saturated heterocycles. The number of rotatable bonds is 2. The summed E-state index contributed by atoms with van der Waals surface area (Å²) in [5.41, 5.74) is 6.02. The van der Waals surface area contributed by atoms with Crippen LogP contribution in [-0.4, -0.2) is 16.5 Å². The third kappa shape index (κ3) is 3.16. The second kappa shape index (κ2) is 5.41. The Bertz CT molecular complexity index is 166. The first kappa shape index (κ1) is 10.8.